The normalized spacial score (nSPS) is 13.0. The molecular formula is C35H70O4. The van der Waals surface area contributed by atoms with Crippen LogP contribution in [0.15, 0.2) is 0 Å². The van der Waals surface area contributed by atoms with Gasteiger partial charge >= 0.3 is 5.97 Å². The number of rotatable bonds is 32. The molecule has 0 saturated carbocycles. The van der Waals surface area contributed by atoms with Gasteiger partial charge in [-0.1, -0.05) is 180 Å². The summed E-state index contributed by atoms with van der Waals surface area (Å²) in [5, 5.41) is 19.7. The summed E-state index contributed by atoms with van der Waals surface area (Å²) in [6.45, 7) is 2.30. The number of unbranched alkanes of at least 4 members (excludes halogenated alkanes) is 26. The fraction of sp³-hybridized carbons (Fsp3) is 0.971. The Morgan fingerprint density at radius 1 is 0.487 bits per heavy atom. The van der Waals surface area contributed by atoms with Crippen molar-refractivity contribution in [3.05, 3.63) is 0 Å². The van der Waals surface area contributed by atoms with Gasteiger partial charge in [0.2, 0.25) is 0 Å². The molecule has 234 valence electrons. The molecule has 0 aromatic heterocycles. The highest BCUT2D eigenvalue weighted by Crippen LogP contribution is 2.17. The molecule has 0 aliphatic heterocycles. The standard InChI is InChI=1S/C35H70O4/c1-3-4-5-6-7-8-9-10-11-12-13-14-15-16-17-18-19-20-21-22-23-24-25-26-27-28-29-30-33(36)31-34(37)32-35(38)39-2/h33-34,36-37H,3-32H2,1-2H3/t33-,34+/m1/s1. The van der Waals surface area contributed by atoms with Gasteiger partial charge in [-0.05, 0) is 12.8 Å². The Morgan fingerprint density at radius 3 is 1.05 bits per heavy atom. The largest absolute Gasteiger partial charge is 0.469 e. The topological polar surface area (TPSA) is 66.8 Å². The van der Waals surface area contributed by atoms with E-state index in [9.17, 15) is 15.0 Å². The molecule has 4 nitrogen and oxygen atoms in total. The van der Waals surface area contributed by atoms with E-state index in [1.54, 1.807) is 0 Å². The molecule has 0 bridgehead atoms. The number of hydrogen-bond donors (Lipinski definition) is 2. The maximum Gasteiger partial charge on any atom is 0.308 e. The summed E-state index contributed by atoms with van der Waals surface area (Å²) in [5.41, 5.74) is 0. The molecule has 0 amide bonds. The van der Waals surface area contributed by atoms with Crippen LogP contribution in [0.5, 0.6) is 0 Å². The first kappa shape index (κ1) is 38.4. The van der Waals surface area contributed by atoms with Crippen molar-refractivity contribution in [1.29, 1.82) is 0 Å². The fourth-order valence-corrected chi connectivity index (χ4v) is 5.66. The monoisotopic (exact) mass is 555 g/mol. The van der Waals surface area contributed by atoms with E-state index in [2.05, 4.69) is 11.7 Å². The van der Waals surface area contributed by atoms with Gasteiger partial charge < -0.3 is 14.9 Å². The molecule has 4 heteroatoms. The quantitative estimate of drug-likeness (QED) is 0.0641. The van der Waals surface area contributed by atoms with Crippen LogP contribution in [0.1, 0.15) is 200 Å². The number of esters is 1. The molecule has 0 saturated heterocycles. The molecule has 0 unspecified atom stereocenters. The van der Waals surface area contributed by atoms with Gasteiger partial charge in [-0.15, -0.1) is 0 Å². The highest BCUT2D eigenvalue weighted by Gasteiger charge is 2.15. The first-order valence-electron chi connectivity index (χ1n) is 17.5. The lowest BCUT2D eigenvalue weighted by molar-refractivity contribution is -0.143. The second kappa shape index (κ2) is 31.9. The molecule has 0 rings (SSSR count). The average molecular weight is 555 g/mol. The van der Waals surface area contributed by atoms with E-state index in [1.165, 1.54) is 168 Å². The average Bonchev–Trinajstić information content (AvgIpc) is 2.92. The minimum Gasteiger partial charge on any atom is -0.469 e. The lowest BCUT2D eigenvalue weighted by Gasteiger charge is -2.14. The Kier molecular flexibility index (Phi) is 31.4. The van der Waals surface area contributed by atoms with Gasteiger partial charge in [0, 0.05) is 0 Å². The van der Waals surface area contributed by atoms with E-state index in [0.717, 1.165) is 12.8 Å². The molecule has 2 atom stereocenters. The van der Waals surface area contributed by atoms with Crippen LogP contribution in [0.4, 0.5) is 0 Å². The zero-order valence-corrected chi connectivity index (χ0v) is 26.6. The van der Waals surface area contributed by atoms with Crippen LogP contribution in [0.2, 0.25) is 0 Å². The Labute approximate surface area is 244 Å². The van der Waals surface area contributed by atoms with Crippen LogP contribution in [0.3, 0.4) is 0 Å². The Morgan fingerprint density at radius 2 is 0.769 bits per heavy atom. The van der Waals surface area contributed by atoms with Gasteiger partial charge in [-0.3, -0.25) is 4.79 Å². The van der Waals surface area contributed by atoms with Crippen LogP contribution in [0.25, 0.3) is 0 Å². The third-order valence-corrected chi connectivity index (χ3v) is 8.32. The molecule has 0 heterocycles. The van der Waals surface area contributed by atoms with E-state index in [4.69, 9.17) is 0 Å². The van der Waals surface area contributed by atoms with E-state index in [0.29, 0.717) is 6.42 Å². The first-order valence-corrected chi connectivity index (χ1v) is 17.5. The van der Waals surface area contributed by atoms with Crippen molar-refractivity contribution in [2.24, 2.45) is 0 Å². The number of carbonyl (C=O) groups excluding carboxylic acids is 1. The molecular weight excluding hydrogens is 484 g/mol. The van der Waals surface area contributed by atoms with Crippen LogP contribution >= 0.6 is 0 Å². The smallest absolute Gasteiger partial charge is 0.308 e. The zero-order valence-electron chi connectivity index (χ0n) is 26.6. The highest BCUT2D eigenvalue weighted by atomic mass is 16.5. The predicted molar refractivity (Wildman–Crippen MR) is 168 cm³/mol. The summed E-state index contributed by atoms with van der Waals surface area (Å²) >= 11 is 0. The maximum absolute atomic E-state index is 11.1. The van der Waals surface area contributed by atoms with Crippen molar-refractivity contribution in [2.45, 2.75) is 212 Å². The molecule has 0 aromatic carbocycles. The number of methoxy groups -OCH3 is 1. The number of aliphatic hydroxyl groups excluding tert-OH is 2. The molecule has 39 heavy (non-hydrogen) atoms. The second-order valence-corrected chi connectivity index (χ2v) is 12.3. The minimum absolute atomic E-state index is 0.0346. The maximum atomic E-state index is 11.1. The Balaban J connectivity index is 3.15. The third-order valence-electron chi connectivity index (χ3n) is 8.32. The van der Waals surface area contributed by atoms with E-state index in [1.807, 2.05) is 0 Å². The van der Waals surface area contributed by atoms with Crippen molar-refractivity contribution < 1.29 is 19.7 Å². The fourth-order valence-electron chi connectivity index (χ4n) is 5.66. The molecule has 0 aromatic rings. The summed E-state index contributed by atoms with van der Waals surface area (Å²) in [7, 11) is 1.31. The van der Waals surface area contributed by atoms with Crippen molar-refractivity contribution in [3.8, 4) is 0 Å². The van der Waals surface area contributed by atoms with Crippen LogP contribution in [-0.2, 0) is 9.53 Å². The minimum atomic E-state index is -0.804. The first-order chi connectivity index (χ1) is 19.1. The van der Waals surface area contributed by atoms with Crippen molar-refractivity contribution in [3.63, 3.8) is 0 Å². The molecule has 2 N–H and O–H groups in total. The van der Waals surface area contributed by atoms with E-state index in [-0.39, 0.29) is 12.8 Å². The second-order valence-electron chi connectivity index (χ2n) is 12.3. The molecule has 0 aliphatic carbocycles. The zero-order chi connectivity index (χ0) is 28.7. The van der Waals surface area contributed by atoms with Gasteiger partial charge in [-0.2, -0.15) is 0 Å². The van der Waals surface area contributed by atoms with Crippen LogP contribution in [0, 0.1) is 0 Å². The summed E-state index contributed by atoms with van der Waals surface area (Å²) in [4.78, 5) is 11.1. The summed E-state index contributed by atoms with van der Waals surface area (Å²) < 4.78 is 4.54. The summed E-state index contributed by atoms with van der Waals surface area (Å²) in [5.74, 6) is -0.426. The van der Waals surface area contributed by atoms with Crippen LogP contribution in [-0.4, -0.2) is 35.5 Å². The van der Waals surface area contributed by atoms with Gasteiger partial charge in [0.25, 0.3) is 0 Å². The number of carbonyl (C=O) groups is 1. The van der Waals surface area contributed by atoms with Gasteiger partial charge in [-0.25, -0.2) is 0 Å². The Bertz CT molecular complexity index is 481. The van der Waals surface area contributed by atoms with Crippen LogP contribution < -0.4 is 0 Å². The molecule has 0 fully saturated rings. The molecule has 0 spiro atoms. The lowest BCUT2D eigenvalue weighted by atomic mass is 10.0. The SMILES string of the molecule is CCCCCCCCCCCCCCCCCCCCCCCCCCCCC[C@@H](O)C[C@H](O)CC(=O)OC. The number of hydrogen-bond acceptors (Lipinski definition) is 4. The van der Waals surface area contributed by atoms with Crippen molar-refractivity contribution >= 4 is 5.97 Å². The van der Waals surface area contributed by atoms with E-state index >= 15 is 0 Å². The van der Waals surface area contributed by atoms with Crippen molar-refractivity contribution in [1.82, 2.24) is 0 Å². The van der Waals surface area contributed by atoms with Gasteiger partial charge in [0.1, 0.15) is 0 Å². The Hall–Kier alpha value is -0.610. The highest BCUT2D eigenvalue weighted by molar-refractivity contribution is 5.69. The van der Waals surface area contributed by atoms with E-state index < -0.39 is 18.2 Å². The number of ether oxygens (including phenoxy) is 1. The summed E-state index contributed by atoms with van der Waals surface area (Å²) in [6, 6.07) is 0. The molecule has 0 aliphatic rings. The van der Waals surface area contributed by atoms with Gasteiger partial charge in [0.05, 0.1) is 25.7 Å². The predicted octanol–water partition coefficient (Wildman–Crippen LogP) is 10.6. The summed E-state index contributed by atoms with van der Waals surface area (Å²) in [6.07, 6.45) is 37.2. The molecule has 0 radical (unpaired) electrons. The number of aliphatic hydroxyl groups is 2. The van der Waals surface area contributed by atoms with Crippen molar-refractivity contribution in [2.75, 3.05) is 7.11 Å². The third kappa shape index (κ3) is 31.8. The lowest BCUT2D eigenvalue weighted by Crippen LogP contribution is -2.21. The van der Waals surface area contributed by atoms with Gasteiger partial charge in [0.15, 0.2) is 0 Å².